The van der Waals surface area contributed by atoms with Gasteiger partial charge in [-0.3, -0.25) is 4.79 Å². The molecule has 0 aliphatic carbocycles. The Kier molecular flexibility index (Phi) is 5.83. The Morgan fingerprint density at radius 1 is 1.19 bits per heavy atom. The number of benzene rings is 1. The smallest absolute Gasteiger partial charge is 0.246 e. The highest BCUT2D eigenvalue weighted by Crippen LogP contribution is 2.28. The van der Waals surface area contributed by atoms with Gasteiger partial charge in [0, 0.05) is 37.9 Å². The van der Waals surface area contributed by atoms with Crippen LogP contribution in [0.2, 0.25) is 5.15 Å². The van der Waals surface area contributed by atoms with Crippen molar-refractivity contribution < 1.29 is 13.2 Å². The third kappa shape index (κ3) is 4.15. The summed E-state index contributed by atoms with van der Waals surface area (Å²) in [6.07, 6.45) is 2.41. The number of carbonyl (C=O) groups is 1. The van der Waals surface area contributed by atoms with Crippen molar-refractivity contribution in [3.63, 3.8) is 0 Å². The average Bonchev–Trinajstić information content (AvgIpc) is 2.68. The number of hydrogen-bond donors (Lipinski definition) is 0. The first-order valence-corrected chi connectivity index (χ1v) is 10.6. The number of carbonyl (C=O) groups excluding carboxylic acids is 1. The van der Waals surface area contributed by atoms with E-state index in [1.54, 1.807) is 18.0 Å². The van der Waals surface area contributed by atoms with Crippen LogP contribution in [0, 0.1) is 12.8 Å². The molecule has 0 N–H and O–H groups in total. The van der Waals surface area contributed by atoms with Crippen LogP contribution in [-0.4, -0.2) is 43.8 Å². The fourth-order valence-electron chi connectivity index (χ4n) is 3.22. The van der Waals surface area contributed by atoms with Crippen LogP contribution in [-0.2, 0) is 14.8 Å². The maximum absolute atomic E-state index is 12.8. The van der Waals surface area contributed by atoms with Crippen LogP contribution in [0.4, 0.5) is 5.69 Å². The van der Waals surface area contributed by atoms with E-state index < -0.39 is 10.0 Å². The number of hydrogen-bond acceptors (Lipinski definition) is 4. The molecule has 6 nitrogen and oxygen atoms in total. The van der Waals surface area contributed by atoms with Crippen LogP contribution in [0.5, 0.6) is 0 Å². The molecule has 2 aromatic rings. The van der Waals surface area contributed by atoms with Gasteiger partial charge >= 0.3 is 0 Å². The lowest BCUT2D eigenvalue weighted by Gasteiger charge is -2.32. The fourth-order valence-corrected chi connectivity index (χ4v) is 5.11. The summed E-state index contributed by atoms with van der Waals surface area (Å²) in [6.45, 7) is 2.56. The lowest BCUT2D eigenvalue weighted by molar-refractivity contribution is -0.123. The van der Waals surface area contributed by atoms with Gasteiger partial charge in [-0.05, 0) is 44.0 Å². The Hall–Kier alpha value is -1.96. The van der Waals surface area contributed by atoms with Gasteiger partial charge in [0.2, 0.25) is 15.9 Å². The third-order valence-electron chi connectivity index (χ3n) is 4.90. The second kappa shape index (κ2) is 7.96. The molecule has 144 valence electrons. The second-order valence-electron chi connectivity index (χ2n) is 6.70. The zero-order valence-corrected chi connectivity index (χ0v) is 16.9. The minimum Gasteiger partial charge on any atom is -0.315 e. The first kappa shape index (κ1) is 19.8. The van der Waals surface area contributed by atoms with Gasteiger partial charge in [-0.2, -0.15) is 4.31 Å². The predicted molar refractivity (Wildman–Crippen MR) is 105 cm³/mol. The zero-order chi connectivity index (χ0) is 19.6. The zero-order valence-electron chi connectivity index (χ0n) is 15.3. The molecule has 0 spiro atoms. The number of aromatic nitrogens is 1. The van der Waals surface area contributed by atoms with Crippen molar-refractivity contribution in [3.8, 4) is 0 Å². The third-order valence-corrected chi connectivity index (χ3v) is 7.24. The van der Waals surface area contributed by atoms with Gasteiger partial charge < -0.3 is 4.90 Å². The Labute approximate surface area is 164 Å². The molecule has 27 heavy (non-hydrogen) atoms. The number of piperidine rings is 1. The van der Waals surface area contributed by atoms with Crippen molar-refractivity contribution in [1.29, 1.82) is 0 Å². The minimum atomic E-state index is -3.71. The predicted octanol–water partition coefficient (Wildman–Crippen LogP) is 3.11. The van der Waals surface area contributed by atoms with Gasteiger partial charge in [0.05, 0.1) is 0 Å². The summed E-state index contributed by atoms with van der Waals surface area (Å²) in [6, 6.07) is 10.8. The molecule has 0 atom stereocenters. The lowest BCUT2D eigenvalue weighted by Crippen LogP contribution is -2.43. The molecule has 8 heteroatoms. The van der Waals surface area contributed by atoms with E-state index in [1.165, 1.54) is 16.6 Å². The number of sulfonamides is 1. The standard InChI is InChI=1S/C19H22ClN3O3S/c1-14-5-7-16(8-6-14)22(2)19(24)15-9-12-23(13-10-15)27(25,26)17-4-3-11-21-18(17)20/h3-8,11,15H,9-10,12-13H2,1-2H3. The normalized spacial score (nSPS) is 16.3. The van der Waals surface area contributed by atoms with Crippen LogP contribution in [0.1, 0.15) is 18.4 Å². The van der Waals surface area contributed by atoms with Gasteiger partial charge in [0.15, 0.2) is 0 Å². The maximum atomic E-state index is 12.8. The van der Waals surface area contributed by atoms with Crippen LogP contribution >= 0.6 is 11.6 Å². The molecular weight excluding hydrogens is 386 g/mol. The molecule has 0 radical (unpaired) electrons. The number of aryl methyl sites for hydroxylation is 1. The Morgan fingerprint density at radius 2 is 1.81 bits per heavy atom. The summed E-state index contributed by atoms with van der Waals surface area (Å²) in [4.78, 5) is 18.3. The number of nitrogens with zero attached hydrogens (tertiary/aromatic N) is 3. The summed E-state index contributed by atoms with van der Waals surface area (Å²) in [7, 11) is -1.95. The minimum absolute atomic E-state index is 0.00761. The van der Waals surface area contributed by atoms with Gasteiger partial charge in [-0.15, -0.1) is 0 Å². The van der Waals surface area contributed by atoms with Crippen molar-refractivity contribution in [3.05, 3.63) is 53.3 Å². The second-order valence-corrected chi connectivity index (χ2v) is 8.97. The molecule has 1 saturated heterocycles. The number of rotatable bonds is 4. The SMILES string of the molecule is Cc1ccc(N(C)C(=O)C2CCN(S(=O)(=O)c3cccnc3Cl)CC2)cc1. The van der Waals surface area contributed by atoms with Crippen molar-refractivity contribution >= 4 is 33.2 Å². The molecule has 1 amide bonds. The highest BCUT2D eigenvalue weighted by Gasteiger charge is 2.34. The van der Waals surface area contributed by atoms with Gasteiger partial charge in [-0.1, -0.05) is 29.3 Å². The number of pyridine rings is 1. The number of anilines is 1. The maximum Gasteiger partial charge on any atom is 0.246 e. The molecule has 3 rings (SSSR count). The van der Waals surface area contributed by atoms with Crippen LogP contribution < -0.4 is 4.90 Å². The van der Waals surface area contributed by atoms with Gasteiger partial charge in [0.1, 0.15) is 10.0 Å². The largest absolute Gasteiger partial charge is 0.315 e. The molecule has 0 unspecified atom stereocenters. The van der Waals surface area contributed by atoms with Crippen molar-refractivity contribution in [1.82, 2.24) is 9.29 Å². The van der Waals surface area contributed by atoms with E-state index in [2.05, 4.69) is 4.98 Å². The lowest BCUT2D eigenvalue weighted by atomic mass is 9.96. The van der Waals surface area contributed by atoms with Gasteiger partial charge in [0.25, 0.3) is 0 Å². The van der Waals surface area contributed by atoms with Crippen molar-refractivity contribution in [2.75, 3.05) is 25.0 Å². The summed E-state index contributed by atoms with van der Waals surface area (Å²) in [5.41, 5.74) is 1.97. The first-order chi connectivity index (χ1) is 12.8. The highest BCUT2D eigenvalue weighted by molar-refractivity contribution is 7.89. The molecule has 0 bridgehead atoms. The van der Waals surface area contributed by atoms with E-state index in [9.17, 15) is 13.2 Å². The monoisotopic (exact) mass is 407 g/mol. The highest BCUT2D eigenvalue weighted by atomic mass is 35.5. The number of halogens is 1. The van der Waals surface area contributed by atoms with E-state index >= 15 is 0 Å². The molecule has 1 aliphatic rings. The van der Waals surface area contributed by atoms with Gasteiger partial charge in [-0.25, -0.2) is 13.4 Å². The summed E-state index contributed by atoms with van der Waals surface area (Å²) in [5.74, 6) is -0.192. The van der Waals surface area contributed by atoms with E-state index in [4.69, 9.17) is 11.6 Å². The summed E-state index contributed by atoms with van der Waals surface area (Å²) in [5, 5.41) is -0.0326. The molecule has 2 heterocycles. The molecular formula is C19H22ClN3O3S. The first-order valence-electron chi connectivity index (χ1n) is 8.75. The average molecular weight is 408 g/mol. The van der Waals surface area contributed by atoms with Crippen molar-refractivity contribution in [2.24, 2.45) is 5.92 Å². The Bertz CT molecular complexity index is 923. The molecule has 1 fully saturated rings. The van der Waals surface area contributed by atoms with Crippen LogP contribution in [0.15, 0.2) is 47.5 Å². The van der Waals surface area contributed by atoms with E-state index in [1.807, 2.05) is 31.2 Å². The number of amides is 1. The Balaban J connectivity index is 1.67. The quantitative estimate of drug-likeness (QED) is 0.730. The fraction of sp³-hybridized carbons (Fsp3) is 0.368. The van der Waals surface area contributed by atoms with E-state index in [0.29, 0.717) is 12.8 Å². The van der Waals surface area contributed by atoms with Crippen LogP contribution in [0.25, 0.3) is 0 Å². The van der Waals surface area contributed by atoms with Crippen molar-refractivity contribution in [2.45, 2.75) is 24.7 Å². The van der Waals surface area contributed by atoms with Crippen LogP contribution in [0.3, 0.4) is 0 Å². The van der Waals surface area contributed by atoms with E-state index in [-0.39, 0.29) is 35.0 Å². The molecule has 0 saturated carbocycles. The topological polar surface area (TPSA) is 70.6 Å². The molecule has 1 aromatic carbocycles. The Morgan fingerprint density at radius 3 is 2.41 bits per heavy atom. The summed E-state index contributed by atoms with van der Waals surface area (Å²) < 4.78 is 26.9. The molecule has 1 aromatic heterocycles. The summed E-state index contributed by atoms with van der Waals surface area (Å²) >= 11 is 5.95. The van der Waals surface area contributed by atoms with E-state index in [0.717, 1.165) is 11.3 Å². The molecule has 1 aliphatic heterocycles.